The third-order valence-electron chi connectivity index (χ3n) is 4.25. The SMILES string of the molecule is COc1cccc(C(C)N[C@H](C)CCc2cccc(C(F)(F)F)c2)c1. The minimum absolute atomic E-state index is 0.131. The summed E-state index contributed by atoms with van der Waals surface area (Å²) < 4.78 is 43.5. The van der Waals surface area contributed by atoms with Crippen LogP contribution in [-0.4, -0.2) is 13.2 Å². The zero-order chi connectivity index (χ0) is 18.4. The van der Waals surface area contributed by atoms with E-state index < -0.39 is 11.7 Å². The van der Waals surface area contributed by atoms with Crippen molar-refractivity contribution in [3.8, 4) is 5.75 Å². The molecule has 0 aliphatic carbocycles. The van der Waals surface area contributed by atoms with Gasteiger partial charge in [-0.05, 0) is 56.0 Å². The number of rotatable bonds is 7. The Morgan fingerprint density at radius 3 is 2.44 bits per heavy atom. The van der Waals surface area contributed by atoms with Crippen LogP contribution in [0, 0.1) is 0 Å². The maximum atomic E-state index is 12.8. The van der Waals surface area contributed by atoms with Gasteiger partial charge in [-0.3, -0.25) is 0 Å². The lowest BCUT2D eigenvalue weighted by atomic mass is 10.0. The lowest BCUT2D eigenvalue weighted by molar-refractivity contribution is -0.137. The first-order valence-corrected chi connectivity index (χ1v) is 8.35. The number of hydrogen-bond acceptors (Lipinski definition) is 2. The molecule has 1 unspecified atom stereocenters. The first kappa shape index (κ1) is 19.3. The Morgan fingerprint density at radius 2 is 1.76 bits per heavy atom. The molecule has 2 nitrogen and oxygen atoms in total. The molecular weight excluding hydrogens is 327 g/mol. The fourth-order valence-electron chi connectivity index (χ4n) is 2.80. The summed E-state index contributed by atoms with van der Waals surface area (Å²) in [5, 5.41) is 3.48. The minimum Gasteiger partial charge on any atom is -0.497 e. The minimum atomic E-state index is -4.29. The lowest BCUT2D eigenvalue weighted by Crippen LogP contribution is -2.29. The molecule has 1 N–H and O–H groups in total. The van der Waals surface area contributed by atoms with Crippen LogP contribution in [0.2, 0.25) is 0 Å². The maximum absolute atomic E-state index is 12.8. The van der Waals surface area contributed by atoms with Crippen molar-refractivity contribution in [2.45, 2.75) is 44.9 Å². The molecule has 2 rings (SSSR count). The Kier molecular flexibility index (Phi) is 6.48. The van der Waals surface area contributed by atoms with Crippen molar-refractivity contribution in [3.05, 3.63) is 65.2 Å². The molecule has 0 amide bonds. The summed E-state index contributed by atoms with van der Waals surface area (Å²) in [6, 6.07) is 13.7. The standard InChI is InChI=1S/C20H24F3NO/c1-14(24-15(2)17-7-5-9-19(13-17)25-3)10-11-16-6-4-8-18(12-16)20(21,22)23/h4-9,12-15,24H,10-11H2,1-3H3/t14-,15?/m1/s1. The predicted molar refractivity (Wildman–Crippen MR) is 93.8 cm³/mol. The van der Waals surface area contributed by atoms with Crippen molar-refractivity contribution in [1.82, 2.24) is 5.32 Å². The Labute approximate surface area is 147 Å². The van der Waals surface area contributed by atoms with E-state index in [1.54, 1.807) is 13.2 Å². The largest absolute Gasteiger partial charge is 0.497 e. The third-order valence-corrected chi connectivity index (χ3v) is 4.25. The molecule has 0 fully saturated rings. The number of alkyl halides is 3. The van der Waals surface area contributed by atoms with Gasteiger partial charge >= 0.3 is 6.18 Å². The number of ether oxygens (including phenoxy) is 1. The molecule has 0 saturated carbocycles. The first-order chi connectivity index (χ1) is 11.8. The Hall–Kier alpha value is -2.01. The van der Waals surface area contributed by atoms with Crippen LogP contribution in [0.5, 0.6) is 5.75 Å². The molecule has 0 spiro atoms. The van der Waals surface area contributed by atoms with Gasteiger partial charge in [0.1, 0.15) is 5.75 Å². The molecular formula is C20H24F3NO. The van der Waals surface area contributed by atoms with E-state index >= 15 is 0 Å². The molecule has 2 aromatic rings. The van der Waals surface area contributed by atoms with Crippen LogP contribution in [0.3, 0.4) is 0 Å². The molecule has 0 saturated heterocycles. The van der Waals surface area contributed by atoms with Gasteiger partial charge < -0.3 is 10.1 Å². The summed E-state index contributed by atoms with van der Waals surface area (Å²) in [5.74, 6) is 0.808. The van der Waals surface area contributed by atoms with E-state index in [0.29, 0.717) is 12.0 Å². The number of nitrogens with one attached hydrogen (secondary N) is 1. The van der Waals surface area contributed by atoms with Gasteiger partial charge in [-0.15, -0.1) is 0 Å². The summed E-state index contributed by atoms with van der Waals surface area (Å²) >= 11 is 0. The fraction of sp³-hybridized carbons (Fsp3) is 0.400. The van der Waals surface area contributed by atoms with Gasteiger partial charge in [0.25, 0.3) is 0 Å². The van der Waals surface area contributed by atoms with E-state index in [1.807, 2.05) is 31.2 Å². The molecule has 0 aliphatic rings. The molecule has 136 valence electrons. The number of aryl methyl sites for hydroxylation is 1. The van der Waals surface area contributed by atoms with Crippen LogP contribution in [0.25, 0.3) is 0 Å². The summed E-state index contributed by atoms with van der Waals surface area (Å²) in [4.78, 5) is 0. The quantitative estimate of drug-likeness (QED) is 0.722. The summed E-state index contributed by atoms with van der Waals surface area (Å²) in [5.41, 5.74) is 1.23. The smallest absolute Gasteiger partial charge is 0.416 e. The zero-order valence-corrected chi connectivity index (χ0v) is 14.7. The zero-order valence-electron chi connectivity index (χ0n) is 14.7. The molecule has 2 aromatic carbocycles. The Balaban J connectivity index is 1.91. The van der Waals surface area contributed by atoms with Crippen molar-refractivity contribution < 1.29 is 17.9 Å². The average Bonchev–Trinajstić information content (AvgIpc) is 2.59. The average molecular weight is 351 g/mol. The van der Waals surface area contributed by atoms with Crippen molar-refractivity contribution in [3.63, 3.8) is 0 Å². The number of halogens is 3. The van der Waals surface area contributed by atoms with Gasteiger partial charge in [0.05, 0.1) is 12.7 Å². The van der Waals surface area contributed by atoms with E-state index in [1.165, 1.54) is 12.1 Å². The molecule has 5 heteroatoms. The highest BCUT2D eigenvalue weighted by atomic mass is 19.4. The van der Waals surface area contributed by atoms with Crippen molar-refractivity contribution in [2.24, 2.45) is 0 Å². The Morgan fingerprint density at radius 1 is 1.04 bits per heavy atom. The van der Waals surface area contributed by atoms with E-state index in [-0.39, 0.29) is 12.1 Å². The highest BCUT2D eigenvalue weighted by molar-refractivity contribution is 5.30. The van der Waals surface area contributed by atoms with Gasteiger partial charge in [-0.1, -0.05) is 30.3 Å². The van der Waals surface area contributed by atoms with E-state index in [0.717, 1.165) is 23.8 Å². The van der Waals surface area contributed by atoms with Crippen molar-refractivity contribution in [2.75, 3.05) is 7.11 Å². The first-order valence-electron chi connectivity index (χ1n) is 8.35. The molecule has 0 heterocycles. The molecule has 2 atom stereocenters. The van der Waals surface area contributed by atoms with Gasteiger partial charge in [-0.2, -0.15) is 13.2 Å². The van der Waals surface area contributed by atoms with Gasteiger partial charge in [0.15, 0.2) is 0 Å². The van der Waals surface area contributed by atoms with Crippen LogP contribution >= 0.6 is 0 Å². The summed E-state index contributed by atoms with van der Waals surface area (Å²) in [6.45, 7) is 4.11. The molecule has 0 aliphatic heterocycles. The second-order valence-electron chi connectivity index (χ2n) is 6.30. The van der Waals surface area contributed by atoms with Gasteiger partial charge in [0.2, 0.25) is 0 Å². The van der Waals surface area contributed by atoms with Crippen molar-refractivity contribution in [1.29, 1.82) is 0 Å². The van der Waals surface area contributed by atoms with E-state index in [2.05, 4.69) is 12.2 Å². The maximum Gasteiger partial charge on any atom is 0.416 e. The number of hydrogen-bond donors (Lipinski definition) is 1. The fourth-order valence-corrected chi connectivity index (χ4v) is 2.80. The summed E-state index contributed by atoms with van der Waals surface area (Å²) in [6.07, 6.45) is -2.93. The molecule has 0 bridgehead atoms. The lowest BCUT2D eigenvalue weighted by Gasteiger charge is -2.21. The summed E-state index contributed by atoms with van der Waals surface area (Å²) in [7, 11) is 1.63. The second-order valence-corrected chi connectivity index (χ2v) is 6.30. The van der Waals surface area contributed by atoms with Crippen LogP contribution < -0.4 is 10.1 Å². The molecule has 25 heavy (non-hydrogen) atoms. The number of benzene rings is 2. The van der Waals surface area contributed by atoms with E-state index in [9.17, 15) is 13.2 Å². The van der Waals surface area contributed by atoms with Crippen LogP contribution in [0.4, 0.5) is 13.2 Å². The van der Waals surface area contributed by atoms with Crippen LogP contribution in [-0.2, 0) is 12.6 Å². The van der Waals surface area contributed by atoms with Gasteiger partial charge in [-0.25, -0.2) is 0 Å². The topological polar surface area (TPSA) is 21.3 Å². The van der Waals surface area contributed by atoms with E-state index in [4.69, 9.17) is 4.74 Å². The second kappa shape index (κ2) is 8.39. The predicted octanol–water partition coefficient (Wildman–Crippen LogP) is 5.39. The highest BCUT2D eigenvalue weighted by Gasteiger charge is 2.30. The highest BCUT2D eigenvalue weighted by Crippen LogP contribution is 2.29. The molecule has 0 aromatic heterocycles. The van der Waals surface area contributed by atoms with Crippen LogP contribution in [0.1, 0.15) is 43.0 Å². The Bertz CT molecular complexity index is 685. The van der Waals surface area contributed by atoms with Crippen LogP contribution in [0.15, 0.2) is 48.5 Å². The monoisotopic (exact) mass is 351 g/mol. The number of methoxy groups -OCH3 is 1. The van der Waals surface area contributed by atoms with Gasteiger partial charge in [0, 0.05) is 12.1 Å². The third kappa shape index (κ3) is 5.78. The molecule has 0 radical (unpaired) electrons. The van der Waals surface area contributed by atoms with Crippen molar-refractivity contribution >= 4 is 0 Å². The normalized spacial score (nSPS) is 14.2.